The van der Waals surface area contributed by atoms with Crippen molar-refractivity contribution in [1.82, 2.24) is 0 Å². The van der Waals surface area contributed by atoms with Gasteiger partial charge in [-0.15, -0.1) is 5.92 Å². The lowest BCUT2D eigenvalue weighted by molar-refractivity contribution is 0.569. The van der Waals surface area contributed by atoms with Gasteiger partial charge in [-0.05, 0) is 6.92 Å². The largest absolute Gasteiger partial charge is 0.412 e. The predicted octanol–water partition coefficient (Wildman–Crippen LogP) is -0.427. The first-order chi connectivity index (χ1) is 2.91. The lowest BCUT2D eigenvalue weighted by Crippen LogP contribution is -1.44. The van der Waals surface area contributed by atoms with Gasteiger partial charge in [-0.2, -0.15) is 0 Å². The minimum absolute atomic E-state index is 0. The molecule has 7 heavy (non-hydrogen) atoms. The quantitative estimate of drug-likeness (QED) is 0.299. The molecule has 0 radical (unpaired) electrons. The maximum Gasteiger partial charge on any atom is 0.133 e. The molecule has 0 rings (SSSR count). The topological polar surface area (TPSA) is 48.6 Å². The van der Waals surface area contributed by atoms with Crippen LogP contribution >= 0.6 is 0 Å². The summed E-state index contributed by atoms with van der Waals surface area (Å²) in [7, 11) is 0. The van der Waals surface area contributed by atoms with Gasteiger partial charge in [0.1, 0.15) is 5.94 Å². The first kappa shape index (κ1) is 9.36. The lowest BCUT2D eigenvalue weighted by Gasteiger charge is -1.46. The second kappa shape index (κ2) is 8.88. The van der Waals surface area contributed by atoms with E-state index < -0.39 is 0 Å². The summed E-state index contributed by atoms with van der Waals surface area (Å²) >= 11 is 0. The average molecular weight is 98.1 g/mol. The average Bonchev–Trinajstić information content (AvgIpc) is 1.61. The summed E-state index contributed by atoms with van der Waals surface area (Å²) in [5.74, 6) is 6.42. The highest BCUT2D eigenvalue weighted by molar-refractivity contribution is 5.51. The third-order valence-electron chi connectivity index (χ3n) is 0.275. The van der Waals surface area contributed by atoms with Crippen molar-refractivity contribution in [3.63, 3.8) is 0 Å². The lowest BCUT2D eigenvalue weighted by atomic mass is 10.6. The molecule has 0 bridgehead atoms. The van der Waals surface area contributed by atoms with Crippen molar-refractivity contribution < 1.29 is 10.3 Å². The van der Waals surface area contributed by atoms with E-state index >= 15 is 0 Å². The molecule has 38 valence electrons. The number of hydrogen-bond donors (Lipinski definition) is 0. The van der Waals surface area contributed by atoms with Crippen molar-refractivity contribution in [2.24, 2.45) is 0 Å². The zero-order valence-electron chi connectivity index (χ0n) is 3.99. The molecule has 0 unspecified atom stereocenters. The van der Waals surface area contributed by atoms with E-state index in [9.17, 15) is 4.79 Å². The first-order valence-electron chi connectivity index (χ1n) is 1.53. The summed E-state index contributed by atoms with van der Waals surface area (Å²) < 4.78 is 0. The first-order valence-corrected chi connectivity index (χ1v) is 1.53. The van der Waals surface area contributed by atoms with Crippen LogP contribution in [0.15, 0.2) is 6.08 Å². The van der Waals surface area contributed by atoms with Gasteiger partial charge in [-0.25, -0.2) is 4.79 Å². The van der Waals surface area contributed by atoms with Gasteiger partial charge in [0.25, 0.3) is 0 Å². The number of carbonyl (C=O) groups excluding carboxylic acids is 1. The molecule has 0 saturated carbocycles. The van der Waals surface area contributed by atoms with Crippen LogP contribution in [-0.4, -0.2) is 11.4 Å². The highest BCUT2D eigenvalue weighted by Crippen LogP contribution is 1.48. The van der Waals surface area contributed by atoms with E-state index in [2.05, 4.69) is 11.8 Å². The molecule has 0 aliphatic heterocycles. The molecule has 2 heteroatoms. The molecule has 0 aromatic carbocycles. The molecule has 2 nitrogen and oxygen atoms in total. The standard InChI is InChI=1S/C5H4O.H2O/c1-2-3-4-5-6;/h4H,1H3;1H2. The number of rotatable bonds is 0. The molecule has 0 spiro atoms. The van der Waals surface area contributed by atoms with Gasteiger partial charge in [0, 0.05) is 0 Å². The fourth-order valence-electron chi connectivity index (χ4n) is 0.102. The van der Waals surface area contributed by atoms with Crippen LogP contribution in [0.25, 0.3) is 0 Å². The fourth-order valence-corrected chi connectivity index (χ4v) is 0.102. The summed E-state index contributed by atoms with van der Waals surface area (Å²) in [4.78, 5) is 9.28. The molecule has 2 N–H and O–H groups in total. The van der Waals surface area contributed by atoms with Crippen LogP contribution in [0.5, 0.6) is 0 Å². The molecule has 0 heterocycles. The van der Waals surface area contributed by atoms with Gasteiger partial charge < -0.3 is 5.48 Å². The predicted molar refractivity (Wildman–Crippen MR) is 27.3 cm³/mol. The van der Waals surface area contributed by atoms with Crippen molar-refractivity contribution in [3.05, 3.63) is 6.08 Å². The van der Waals surface area contributed by atoms with Crippen LogP contribution in [0.2, 0.25) is 0 Å². The third kappa shape index (κ3) is 11.3. The van der Waals surface area contributed by atoms with Gasteiger partial charge >= 0.3 is 0 Å². The van der Waals surface area contributed by atoms with Gasteiger partial charge in [0.2, 0.25) is 0 Å². The van der Waals surface area contributed by atoms with E-state index in [-0.39, 0.29) is 5.48 Å². The van der Waals surface area contributed by atoms with E-state index in [0.717, 1.165) is 6.08 Å². The summed E-state index contributed by atoms with van der Waals surface area (Å²) in [5.41, 5.74) is 0. The van der Waals surface area contributed by atoms with Crippen molar-refractivity contribution >= 4 is 5.94 Å². The Hall–Kier alpha value is -1.03. The van der Waals surface area contributed by atoms with Crippen LogP contribution in [0.1, 0.15) is 6.92 Å². The Morgan fingerprint density at radius 2 is 2.14 bits per heavy atom. The van der Waals surface area contributed by atoms with Gasteiger partial charge in [-0.1, -0.05) is 5.92 Å². The van der Waals surface area contributed by atoms with Crippen molar-refractivity contribution in [2.45, 2.75) is 6.92 Å². The van der Waals surface area contributed by atoms with Gasteiger partial charge in [-0.3, -0.25) is 0 Å². The summed E-state index contributed by atoms with van der Waals surface area (Å²) in [6.07, 6.45) is 1.14. The molecule has 0 amide bonds. The Morgan fingerprint density at radius 1 is 1.57 bits per heavy atom. The third-order valence-corrected chi connectivity index (χ3v) is 0.275. The van der Waals surface area contributed by atoms with E-state index in [1.807, 2.05) is 0 Å². The molecule has 0 aliphatic rings. The smallest absolute Gasteiger partial charge is 0.133 e. The van der Waals surface area contributed by atoms with E-state index in [1.165, 1.54) is 5.94 Å². The molecular weight excluding hydrogens is 92.1 g/mol. The van der Waals surface area contributed by atoms with Crippen LogP contribution in [0.3, 0.4) is 0 Å². The highest BCUT2D eigenvalue weighted by atomic mass is 16.1. The Balaban J connectivity index is 0. The maximum absolute atomic E-state index is 9.28. The monoisotopic (exact) mass is 98.0 g/mol. The second-order valence-electron chi connectivity index (χ2n) is 0.657. The SMILES string of the molecule is CC#CC=C=O.O. The minimum Gasteiger partial charge on any atom is -0.412 e. The Morgan fingerprint density at radius 3 is 2.29 bits per heavy atom. The summed E-state index contributed by atoms with van der Waals surface area (Å²) in [6.45, 7) is 1.66. The second-order valence-corrected chi connectivity index (χ2v) is 0.657. The van der Waals surface area contributed by atoms with E-state index in [0.29, 0.717) is 0 Å². The van der Waals surface area contributed by atoms with Gasteiger partial charge in [0.15, 0.2) is 0 Å². The van der Waals surface area contributed by atoms with E-state index in [1.54, 1.807) is 6.92 Å². The highest BCUT2D eigenvalue weighted by Gasteiger charge is 1.45. The summed E-state index contributed by atoms with van der Waals surface area (Å²) in [5, 5.41) is 0. The maximum atomic E-state index is 9.28. The fraction of sp³-hybridized carbons (Fsp3) is 0.200. The van der Waals surface area contributed by atoms with Crippen molar-refractivity contribution in [2.75, 3.05) is 0 Å². The van der Waals surface area contributed by atoms with E-state index in [4.69, 9.17) is 0 Å². The molecule has 0 aromatic heterocycles. The Bertz CT molecular complexity index is 121. The molecule has 0 saturated heterocycles. The molecule has 0 aromatic rings. The zero-order valence-corrected chi connectivity index (χ0v) is 3.99. The Labute approximate surface area is 42.2 Å². The van der Waals surface area contributed by atoms with Crippen LogP contribution in [0.4, 0.5) is 0 Å². The van der Waals surface area contributed by atoms with Crippen molar-refractivity contribution in [1.29, 1.82) is 0 Å². The molecule has 0 fully saturated rings. The number of allylic oxidation sites excluding steroid dienone is 1. The molecular formula is C5H6O2. The van der Waals surface area contributed by atoms with Crippen molar-refractivity contribution in [3.8, 4) is 11.8 Å². The zero-order chi connectivity index (χ0) is 4.83. The number of hydrogen-bond acceptors (Lipinski definition) is 1. The van der Waals surface area contributed by atoms with Crippen LogP contribution in [0, 0.1) is 11.8 Å². The Kier molecular flexibility index (Phi) is 11.9. The normalized spacial score (nSPS) is 3.57. The molecule has 0 atom stereocenters. The van der Waals surface area contributed by atoms with Gasteiger partial charge in [0.05, 0.1) is 6.08 Å². The summed E-state index contributed by atoms with van der Waals surface area (Å²) in [6, 6.07) is 0. The molecule has 0 aliphatic carbocycles. The van der Waals surface area contributed by atoms with Crippen LogP contribution < -0.4 is 0 Å². The minimum atomic E-state index is 0. The van der Waals surface area contributed by atoms with Crippen LogP contribution in [-0.2, 0) is 4.79 Å².